The molecule has 1 amide bonds. The molecule has 0 aliphatic rings. The molecule has 0 aromatic rings. The number of rotatable bonds is 10. The second-order valence-electron chi connectivity index (χ2n) is 4.88. The highest BCUT2D eigenvalue weighted by molar-refractivity contribution is 7.90. The zero-order valence-corrected chi connectivity index (χ0v) is 12.7. The third-order valence-corrected chi connectivity index (χ3v) is 3.99. The smallest absolute Gasteiger partial charge is 0.223 e. The van der Waals surface area contributed by atoms with Crippen molar-refractivity contribution in [3.63, 3.8) is 0 Å². The summed E-state index contributed by atoms with van der Waals surface area (Å²) < 4.78 is 21.9. The lowest BCUT2D eigenvalue weighted by molar-refractivity contribution is -0.125. The lowest BCUT2D eigenvalue weighted by atomic mass is 9.97. The van der Waals surface area contributed by atoms with E-state index in [1.807, 2.05) is 6.92 Å². The van der Waals surface area contributed by atoms with E-state index >= 15 is 0 Å². The number of nitrogens with one attached hydrogen (secondary N) is 1. The van der Waals surface area contributed by atoms with Gasteiger partial charge in [0.2, 0.25) is 5.91 Å². The van der Waals surface area contributed by atoms with Crippen molar-refractivity contribution in [3.8, 4) is 0 Å². The Morgan fingerprint density at radius 3 is 2.33 bits per heavy atom. The molecule has 0 aliphatic carbocycles. The van der Waals surface area contributed by atoms with Crippen LogP contribution in [0.25, 0.3) is 0 Å². The van der Waals surface area contributed by atoms with Gasteiger partial charge < -0.3 is 5.32 Å². The maximum absolute atomic E-state index is 11.8. The van der Waals surface area contributed by atoms with E-state index in [9.17, 15) is 13.2 Å². The Morgan fingerprint density at radius 2 is 1.83 bits per heavy atom. The summed E-state index contributed by atoms with van der Waals surface area (Å²) in [5.74, 6) is 0.0458. The predicted molar refractivity (Wildman–Crippen MR) is 75.3 cm³/mol. The van der Waals surface area contributed by atoms with Crippen LogP contribution in [-0.4, -0.2) is 32.9 Å². The third kappa shape index (κ3) is 9.45. The Balaban J connectivity index is 3.88. The Hall–Kier alpha value is -0.580. The van der Waals surface area contributed by atoms with Gasteiger partial charge in [-0.2, -0.15) is 0 Å². The van der Waals surface area contributed by atoms with Crippen LogP contribution in [0.4, 0.5) is 0 Å². The normalized spacial score (nSPS) is 13.3. The largest absolute Gasteiger partial charge is 0.355 e. The highest BCUT2D eigenvalue weighted by Gasteiger charge is 2.15. The molecule has 0 fully saturated rings. The number of hydrogen-bond donors (Lipinski definition) is 1. The minimum Gasteiger partial charge on any atom is -0.355 e. The van der Waals surface area contributed by atoms with Gasteiger partial charge in [-0.3, -0.25) is 4.79 Å². The summed E-state index contributed by atoms with van der Waals surface area (Å²) in [6.45, 7) is 4.39. The minimum atomic E-state index is -2.99. The van der Waals surface area contributed by atoms with Crippen LogP contribution in [0.1, 0.15) is 52.4 Å². The quantitative estimate of drug-likeness (QED) is 0.622. The molecule has 1 unspecified atom stereocenters. The summed E-state index contributed by atoms with van der Waals surface area (Å²) >= 11 is 0. The standard InChI is InChI=1S/C13H27NO3S/c1-4-6-7-8-9-12(5-2)13(15)14-10-11-18(3,16)17/h12H,4-11H2,1-3H3,(H,14,15). The number of carbonyl (C=O) groups excluding carboxylic acids is 1. The fourth-order valence-electron chi connectivity index (χ4n) is 1.84. The molecule has 0 aromatic heterocycles. The number of amides is 1. The first kappa shape index (κ1) is 17.4. The fourth-order valence-corrected chi connectivity index (χ4v) is 2.31. The number of sulfone groups is 1. The van der Waals surface area contributed by atoms with Gasteiger partial charge in [0.1, 0.15) is 9.84 Å². The Kier molecular flexibility index (Phi) is 9.06. The van der Waals surface area contributed by atoms with Gasteiger partial charge in [0.25, 0.3) is 0 Å². The lowest BCUT2D eigenvalue weighted by Crippen LogP contribution is -2.33. The Bertz CT molecular complexity index is 325. The van der Waals surface area contributed by atoms with Crippen molar-refractivity contribution in [2.75, 3.05) is 18.6 Å². The molecule has 0 saturated heterocycles. The van der Waals surface area contributed by atoms with E-state index in [0.717, 1.165) is 19.3 Å². The maximum Gasteiger partial charge on any atom is 0.223 e. The molecule has 5 heteroatoms. The molecule has 4 nitrogen and oxygen atoms in total. The lowest BCUT2D eigenvalue weighted by Gasteiger charge is -2.14. The van der Waals surface area contributed by atoms with E-state index in [0.29, 0.717) is 0 Å². The molecule has 0 aromatic carbocycles. The molecule has 0 radical (unpaired) electrons. The molecule has 0 heterocycles. The third-order valence-electron chi connectivity index (χ3n) is 3.04. The summed E-state index contributed by atoms with van der Waals surface area (Å²) in [5.41, 5.74) is 0. The molecule has 1 atom stereocenters. The molecule has 18 heavy (non-hydrogen) atoms. The van der Waals surface area contributed by atoms with Crippen LogP contribution in [0, 0.1) is 5.92 Å². The Labute approximate surface area is 111 Å². The van der Waals surface area contributed by atoms with E-state index in [2.05, 4.69) is 12.2 Å². The topological polar surface area (TPSA) is 63.2 Å². The molecule has 1 N–H and O–H groups in total. The molecule has 0 spiro atoms. The van der Waals surface area contributed by atoms with Crippen LogP contribution >= 0.6 is 0 Å². The summed E-state index contributed by atoms with van der Waals surface area (Å²) in [6.07, 6.45) is 7.55. The van der Waals surface area contributed by atoms with Crippen LogP contribution in [0.5, 0.6) is 0 Å². The van der Waals surface area contributed by atoms with Crippen LogP contribution in [-0.2, 0) is 14.6 Å². The monoisotopic (exact) mass is 277 g/mol. The summed E-state index contributed by atoms with van der Waals surface area (Å²) in [4.78, 5) is 11.8. The van der Waals surface area contributed by atoms with Gasteiger partial charge in [-0.1, -0.05) is 39.5 Å². The van der Waals surface area contributed by atoms with E-state index in [1.54, 1.807) is 0 Å². The Morgan fingerprint density at radius 1 is 1.17 bits per heavy atom. The highest BCUT2D eigenvalue weighted by Crippen LogP contribution is 2.14. The SMILES string of the molecule is CCCCCCC(CC)C(=O)NCCS(C)(=O)=O. The highest BCUT2D eigenvalue weighted by atomic mass is 32.2. The van der Waals surface area contributed by atoms with Gasteiger partial charge >= 0.3 is 0 Å². The molecule has 0 aliphatic heterocycles. The average molecular weight is 277 g/mol. The molecule has 0 bridgehead atoms. The van der Waals surface area contributed by atoms with Crippen LogP contribution in [0.15, 0.2) is 0 Å². The molecule has 0 saturated carbocycles. The van der Waals surface area contributed by atoms with Crippen LogP contribution < -0.4 is 5.32 Å². The van der Waals surface area contributed by atoms with Crippen molar-refractivity contribution < 1.29 is 13.2 Å². The van der Waals surface area contributed by atoms with Gasteiger partial charge in [-0.05, 0) is 12.8 Å². The van der Waals surface area contributed by atoms with Crippen molar-refractivity contribution in [2.24, 2.45) is 5.92 Å². The van der Waals surface area contributed by atoms with Crippen molar-refractivity contribution in [3.05, 3.63) is 0 Å². The minimum absolute atomic E-state index is 0.00218. The van der Waals surface area contributed by atoms with Gasteiger partial charge in [0, 0.05) is 18.7 Å². The first-order valence-electron chi connectivity index (χ1n) is 6.86. The number of unbranched alkanes of at least 4 members (excludes halogenated alkanes) is 3. The maximum atomic E-state index is 11.8. The van der Waals surface area contributed by atoms with Crippen molar-refractivity contribution >= 4 is 15.7 Å². The zero-order valence-electron chi connectivity index (χ0n) is 11.9. The van der Waals surface area contributed by atoms with Crippen LogP contribution in [0.2, 0.25) is 0 Å². The van der Waals surface area contributed by atoms with E-state index in [4.69, 9.17) is 0 Å². The molecular formula is C13H27NO3S. The average Bonchev–Trinajstić information content (AvgIpc) is 2.27. The van der Waals surface area contributed by atoms with Gasteiger partial charge in [-0.25, -0.2) is 8.42 Å². The van der Waals surface area contributed by atoms with Gasteiger partial charge in [0.15, 0.2) is 0 Å². The first-order chi connectivity index (χ1) is 8.40. The summed E-state index contributed by atoms with van der Waals surface area (Å²) in [7, 11) is -2.99. The summed E-state index contributed by atoms with van der Waals surface area (Å²) in [5, 5.41) is 2.71. The van der Waals surface area contributed by atoms with Crippen molar-refractivity contribution in [1.29, 1.82) is 0 Å². The number of hydrogen-bond acceptors (Lipinski definition) is 3. The van der Waals surface area contributed by atoms with E-state index < -0.39 is 9.84 Å². The second-order valence-corrected chi connectivity index (χ2v) is 7.14. The van der Waals surface area contributed by atoms with Crippen LogP contribution in [0.3, 0.4) is 0 Å². The van der Waals surface area contributed by atoms with Gasteiger partial charge in [-0.15, -0.1) is 0 Å². The fraction of sp³-hybridized carbons (Fsp3) is 0.923. The zero-order chi connectivity index (χ0) is 14.0. The van der Waals surface area contributed by atoms with Crippen molar-refractivity contribution in [2.45, 2.75) is 52.4 Å². The van der Waals surface area contributed by atoms with Gasteiger partial charge in [0.05, 0.1) is 5.75 Å². The predicted octanol–water partition coefficient (Wildman–Crippen LogP) is 2.14. The summed E-state index contributed by atoms with van der Waals surface area (Å²) in [6, 6.07) is 0. The molecular weight excluding hydrogens is 250 g/mol. The molecule has 108 valence electrons. The molecule has 0 rings (SSSR count). The van der Waals surface area contributed by atoms with E-state index in [1.165, 1.54) is 25.5 Å². The van der Waals surface area contributed by atoms with E-state index in [-0.39, 0.29) is 24.1 Å². The van der Waals surface area contributed by atoms with Crippen molar-refractivity contribution in [1.82, 2.24) is 5.32 Å². The second kappa shape index (κ2) is 9.36. The first-order valence-corrected chi connectivity index (χ1v) is 8.92. The number of carbonyl (C=O) groups is 1.